The molecule has 0 aromatic heterocycles. The molecule has 0 radical (unpaired) electrons. The van der Waals surface area contributed by atoms with E-state index in [0.29, 0.717) is 0 Å². The van der Waals surface area contributed by atoms with Gasteiger partial charge in [0.25, 0.3) is 0 Å². The van der Waals surface area contributed by atoms with Crippen molar-refractivity contribution in [2.45, 2.75) is 82.8 Å². The van der Waals surface area contributed by atoms with E-state index in [4.69, 9.17) is 0 Å². The number of piperidine rings is 1. The lowest BCUT2D eigenvalue weighted by atomic mass is 9.88. The maximum atomic E-state index is 4.02. The van der Waals surface area contributed by atoms with Gasteiger partial charge in [-0.2, -0.15) is 0 Å². The summed E-state index contributed by atoms with van der Waals surface area (Å²) in [7, 11) is 0. The van der Waals surface area contributed by atoms with E-state index < -0.39 is 0 Å². The van der Waals surface area contributed by atoms with Gasteiger partial charge in [0.1, 0.15) is 0 Å². The van der Waals surface area contributed by atoms with Crippen LogP contribution in [-0.4, -0.2) is 24.7 Å². The number of rotatable bonds is 3. The number of hydrogen-bond donors (Lipinski definition) is 2. The van der Waals surface area contributed by atoms with Crippen molar-refractivity contribution in [2.75, 3.05) is 6.54 Å². The highest BCUT2D eigenvalue weighted by molar-refractivity contribution is 4.94. The molecule has 2 aliphatic carbocycles. The molecule has 2 nitrogen and oxygen atoms in total. The van der Waals surface area contributed by atoms with Crippen LogP contribution in [0, 0.1) is 11.8 Å². The summed E-state index contributed by atoms with van der Waals surface area (Å²) in [5.41, 5.74) is 0. The van der Waals surface area contributed by atoms with Crippen LogP contribution in [0.2, 0.25) is 0 Å². The van der Waals surface area contributed by atoms with Crippen LogP contribution in [0.15, 0.2) is 0 Å². The Bertz CT molecular complexity index is 260. The van der Waals surface area contributed by atoms with Crippen LogP contribution in [0.3, 0.4) is 0 Å². The van der Waals surface area contributed by atoms with Gasteiger partial charge in [-0.3, -0.25) is 0 Å². The van der Waals surface area contributed by atoms with Crippen LogP contribution in [0.4, 0.5) is 0 Å². The molecule has 2 heteroatoms. The molecule has 1 aliphatic heterocycles. The third-order valence-electron chi connectivity index (χ3n) is 5.58. The van der Waals surface area contributed by atoms with Crippen molar-refractivity contribution in [3.8, 4) is 0 Å². The maximum Gasteiger partial charge on any atom is 0.0113 e. The molecule has 3 aliphatic rings. The fourth-order valence-corrected chi connectivity index (χ4v) is 4.58. The summed E-state index contributed by atoms with van der Waals surface area (Å²) in [6.07, 6.45) is 12.9. The van der Waals surface area contributed by atoms with Gasteiger partial charge in [-0.15, -0.1) is 0 Å². The first kappa shape index (κ1) is 12.9. The van der Waals surface area contributed by atoms with Gasteiger partial charge < -0.3 is 10.6 Å². The molecule has 104 valence electrons. The van der Waals surface area contributed by atoms with Crippen LogP contribution < -0.4 is 10.6 Å². The number of hydrogen-bond acceptors (Lipinski definition) is 2. The average molecular weight is 250 g/mol. The molecule has 18 heavy (non-hydrogen) atoms. The second-order valence-corrected chi connectivity index (χ2v) is 7.04. The zero-order chi connectivity index (χ0) is 12.4. The highest BCUT2D eigenvalue weighted by Crippen LogP contribution is 2.34. The predicted molar refractivity (Wildman–Crippen MR) is 76.7 cm³/mol. The van der Waals surface area contributed by atoms with Crippen molar-refractivity contribution in [1.82, 2.24) is 10.6 Å². The molecular formula is C16H30N2. The molecule has 5 unspecified atom stereocenters. The third-order valence-corrected chi connectivity index (χ3v) is 5.58. The first-order valence-corrected chi connectivity index (χ1v) is 8.32. The van der Waals surface area contributed by atoms with Gasteiger partial charge in [-0.05, 0) is 63.3 Å². The molecule has 0 aromatic rings. The Labute approximate surface area is 112 Å². The van der Waals surface area contributed by atoms with Crippen molar-refractivity contribution in [3.63, 3.8) is 0 Å². The van der Waals surface area contributed by atoms with Gasteiger partial charge in [0.2, 0.25) is 0 Å². The first-order valence-electron chi connectivity index (χ1n) is 8.32. The quantitative estimate of drug-likeness (QED) is 0.804. The van der Waals surface area contributed by atoms with E-state index in [1.165, 1.54) is 64.3 Å². The summed E-state index contributed by atoms with van der Waals surface area (Å²) in [4.78, 5) is 0. The smallest absolute Gasteiger partial charge is 0.0113 e. The second-order valence-electron chi connectivity index (χ2n) is 7.04. The SMILES string of the molecule is CC1CCC(NC2CCCC2C2CCCCN2)C1. The fraction of sp³-hybridized carbons (Fsp3) is 1.00. The Morgan fingerprint density at radius 3 is 2.61 bits per heavy atom. The Morgan fingerprint density at radius 1 is 0.944 bits per heavy atom. The minimum Gasteiger partial charge on any atom is -0.314 e. The molecule has 2 saturated carbocycles. The van der Waals surface area contributed by atoms with Gasteiger partial charge >= 0.3 is 0 Å². The number of nitrogens with one attached hydrogen (secondary N) is 2. The van der Waals surface area contributed by atoms with Gasteiger partial charge in [0.05, 0.1) is 0 Å². The standard InChI is InChI=1S/C16H30N2/c1-12-8-9-13(11-12)18-16-7-4-5-14(16)15-6-2-3-10-17-15/h12-18H,2-11H2,1H3. The summed E-state index contributed by atoms with van der Waals surface area (Å²) < 4.78 is 0. The highest BCUT2D eigenvalue weighted by Gasteiger charge is 2.36. The van der Waals surface area contributed by atoms with E-state index in [1.807, 2.05) is 0 Å². The van der Waals surface area contributed by atoms with E-state index in [-0.39, 0.29) is 0 Å². The fourth-order valence-electron chi connectivity index (χ4n) is 4.58. The van der Waals surface area contributed by atoms with Crippen molar-refractivity contribution in [1.29, 1.82) is 0 Å². The van der Waals surface area contributed by atoms with Crippen LogP contribution >= 0.6 is 0 Å². The Morgan fingerprint density at radius 2 is 1.89 bits per heavy atom. The largest absolute Gasteiger partial charge is 0.314 e. The molecule has 2 N–H and O–H groups in total. The summed E-state index contributed by atoms with van der Waals surface area (Å²) in [5, 5.41) is 7.80. The van der Waals surface area contributed by atoms with Crippen LogP contribution in [0.1, 0.15) is 64.7 Å². The monoisotopic (exact) mass is 250 g/mol. The molecule has 1 saturated heterocycles. The van der Waals surface area contributed by atoms with Crippen LogP contribution in [0.25, 0.3) is 0 Å². The van der Waals surface area contributed by atoms with Gasteiger partial charge in [-0.1, -0.05) is 19.8 Å². The zero-order valence-electron chi connectivity index (χ0n) is 12.0. The molecular weight excluding hydrogens is 220 g/mol. The van der Waals surface area contributed by atoms with Gasteiger partial charge in [0.15, 0.2) is 0 Å². The lowest BCUT2D eigenvalue weighted by molar-refractivity contribution is 0.245. The van der Waals surface area contributed by atoms with Crippen molar-refractivity contribution >= 4 is 0 Å². The van der Waals surface area contributed by atoms with Gasteiger partial charge in [-0.25, -0.2) is 0 Å². The molecule has 5 atom stereocenters. The van der Waals surface area contributed by atoms with E-state index in [0.717, 1.165) is 30.0 Å². The summed E-state index contributed by atoms with van der Waals surface area (Å²) in [6.45, 7) is 3.67. The lowest BCUT2D eigenvalue weighted by Gasteiger charge is -2.34. The predicted octanol–water partition coefficient (Wildman–Crippen LogP) is 3.08. The van der Waals surface area contributed by atoms with E-state index >= 15 is 0 Å². The molecule has 0 bridgehead atoms. The van der Waals surface area contributed by atoms with Crippen LogP contribution in [-0.2, 0) is 0 Å². The Kier molecular flexibility index (Phi) is 4.25. The second kappa shape index (κ2) is 5.92. The van der Waals surface area contributed by atoms with E-state index in [2.05, 4.69) is 17.6 Å². The third kappa shape index (κ3) is 2.91. The molecule has 3 fully saturated rings. The Hall–Kier alpha value is -0.0800. The normalized spacial score (nSPS) is 45.5. The van der Waals surface area contributed by atoms with E-state index in [1.54, 1.807) is 0 Å². The Balaban J connectivity index is 1.53. The molecule has 3 rings (SSSR count). The average Bonchev–Trinajstić information content (AvgIpc) is 3.00. The van der Waals surface area contributed by atoms with Crippen molar-refractivity contribution in [3.05, 3.63) is 0 Å². The topological polar surface area (TPSA) is 24.1 Å². The van der Waals surface area contributed by atoms with Crippen molar-refractivity contribution < 1.29 is 0 Å². The summed E-state index contributed by atoms with van der Waals surface area (Å²) in [6, 6.07) is 2.46. The maximum absolute atomic E-state index is 4.02. The molecule has 0 spiro atoms. The van der Waals surface area contributed by atoms with E-state index in [9.17, 15) is 0 Å². The summed E-state index contributed by atoms with van der Waals surface area (Å²) in [5.74, 6) is 1.87. The molecule has 0 aromatic carbocycles. The van der Waals surface area contributed by atoms with Crippen molar-refractivity contribution in [2.24, 2.45) is 11.8 Å². The molecule has 0 amide bonds. The highest BCUT2D eigenvalue weighted by atomic mass is 15.0. The minimum atomic E-state index is 0.816. The summed E-state index contributed by atoms with van der Waals surface area (Å²) >= 11 is 0. The van der Waals surface area contributed by atoms with Gasteiger partial charge in [0, 0.05) is 18.1 Å². The first-order chi connectivity index (χ1) is 8.83. The zero-order valence-corrected chi connectivity index (χ0v) is 12.0. The lowest BCUT2D eigenvalue weighted by Crippen LogP contribution is -2.48. The minimum absolute atomic E-state index is 0.816. The molecule has 1 heterocycles. The van der Waals surface area contributed by atoms with Crippen LogP contribution in [0.5, 0.6) is 0 Å².